The minimum atomic E-state index is -0.515. The molecule has 0 unspecified atom stereocenters. The van der Waals surface area contributed by atoms with Gasteiger partial charge in [0, 0.05) is 17.7 Å². The molecule has 0 fully saturated rings. The van der Waals surface area contributed by atoms with Gasteiger partial charge < -0.3 is 15.2 Å². The first kappa shape index (κ1) is 16.2. The van der Waals surface area contributed by atoms with Crippen LogP contribution in [-0.4, -0.2) is 41.8 Å². The number of alkyl carbamates (subject to hydrolysis) is 1. The van der Waals surface area contributed by atoms with E-state index < -0.39 is 11.5 Å². The van der Waals surface area contributed by atoms with Crippen LogP contribution in [0.1, 0.15) is 27.2 Å². The van der Waals surface area contributed by atoms with Gasteiger partial charge >= 0.3 is 6.09 Å². The Hall–Kier alpha value is -0.750. The molecule has 100 valence electrons. The molecule has 6 heteroatoms. The Balaban J connectivity index is 3.91. The molecular weight excluding hydrogens is 242 g/mol. The number of amides is 1. The van der Waals surface area contributed by atoms with Gasteiger partial charge in [-0.2, -0.15) is 0 Å². The smallest absolute Gasteiger partial charge is 0.407 e. The van der Waals surface area contributed by atoms with Gasteiger partial charge in [-0.15, -0.1) is 0 Å². The molecule has 1 amide bonds. The summed E-state index contributed by atoms with van der Waals surface area (Å²) in [6, 6.07) is 0. The molecule has 0 aliphatic heterocycles. The highest BCUT2D eigenvalue weighted by Crippen LogP contribution is 2.27. The summed E-state index contributed by atoms with van der Waals surface area (Å²) in [6.45, 7) is 6.11. The maximum absolute atomic E-state index is 11.7. The third kappa shape index (κ3) is 7.23. The van der Waals surface area contributed by atoms with Crippen molar-refractivity contribution in [3.8, 4) is 0 Å². The number of carbonyl (C=O) groups is 2. The Morgan fingerprint density at radius 2 is 2.06 bits per heavy atom. The second-order valence-electron chi connectivity index (χ2n) is 4.14. The zero-order valence-corrected chi connectivity index (χ0v) is 11.4. The van der Waals surface area contributed by atoms with E-state index >= 15 is 0 Å². The predicted octanol–water partition coefficient (Wildman–Crippen LogP) is 1.40. The summed E-state index contributed by atoms with van der Waals surface area (Å²) in [5.74, 6) is 0.410. The Morgan fingerprint density at radius 3 is 2.59 bits per heavy atom. The molecule has 0 aliphatic rings. The second kappa shape index (κ2) is 8.36. The van der Waals surface area contributed by atoms with E-state index in [1.54, 1.807) is 6.92 Å². The van der Waals surface area contributed by atoms with Crippen molar-refractivity contribution in [2.24, 2.45) is 5.41 Å². The molecule has 5 nitrogen and oxygen atoms in total. The van der Waals surface area contributed by atoms with Crippen LogP contribution in [0.4, 0.5) is 4.79 Å². The van der Waals surface area contributed by atoms with Crippen LogP contribution < -0.4 is 5.32 Å². The largest absolute Gasteiger partial charge is 0.450 e. The summed E-state index contributed by atoms with van der Waals surface area (Å²) in [5, 5.41) is 11.2. The van der Waals surface area contributed by atoms with Crippen LogP contribution in [0.5, 0.6) is 0 Å². The lowest BCUT2D eigenvalue weighted by molar-refractivity contribution is -0.118. The van der Waals surface area contributed by atoms with Crippen molar-refractivity contribution in [2.75, 3.05) is 25.5 Å². The number of hydrogen-bond acceptors (Lipinski definition) is 5. The third-order valence-corrected chi connectivity index (χ3v) is 3.37. The van der Waals surface area contributed by atoms with Crippen LogP contribution in [0.25, 0.3) is 0 Å². The van der Waals surface area contributed by atoms with Gasteiger partial charge in [0.1, 0.15) is 0 Å². The lowest BCUT2D eigenvalue weighted by atomic mass is 9.91. The van der Waals surface area contributed by atoms with Gasteiger partial charge in [0.2, 0.25) is 0 Å². The molecule has 2 N–H and O–H groups in total. The first-order chi connectivity index (χ1) is 7.94. The highest BCUT2D eigenvalue weighted by Gasteiger charge is 2.27. The van der Waals surface area contributed by atoms with Crippen LogP contribution >= 0.6 is 11.8 Å². The summed E-state index contributed by atoms with van der Waals surface area (Å²) in [6.07, 6.45) is 0.0852. The molecule has 0 atom stereocenters. The second-order valence-corrected chi connectivity index (χ2v) is 5.21. The molecule has 0 aromatic heterocycles. The maximum atomic E-state index is 11.7. The molecule has 0 radical (unpaired) electrons. The monoisotopic (exact) mass is 263 g/mol. The average molecular weight is 263 g/mol. The van der Waals surface area contributed by atoms with Gasteiger partial charge in [-0.05, 0) is 13.3 Å². The van der Waals surface area contributed by atoms with E-state index in [0.29, 0.717) is 25.3 Å². The number of aliphatic hydroxyl groups excluding tert-OH is 1. The van der Waals surface area contributed by atoms with Crippen molar-refractivity contribution < 1.29 is 19.4 Å². The first-order valence-electron chi connectivity index (χ1n) is 5.62. The maximum Gasteiger partial charge on any atom is 0.407 e. The first-order valence-corrected chi connectivity index (χ1v) is 6.61. The van der Waals surface area contributed by atoms with Gasteiger partial charge in [-0.3, -0.25) is 4.79 Å². The summed E-state index contributed by atoms with van der Waals surface area (Å²) in [4.78, 5) is 22.7. The fraction of sp³-hybridized carbons (Fsp3) is 0.818. The highest BCUT2D eigenvalue weighted by atomic mass is 32.2. The fourth-order valence-electron chi connectivity index (χ4n) is 1.09. The van der Waals surface area contributed by atoms with Crippen molar-refractivity contribution in [3.05, 3.63) is 0 Å². The van der Waals surface area contributed by atoms with Crippen molar-refractivity contribution in [3.63, 3.8) is 0 Å². The number of rotatable bonds is 7. The standard InChI is InChI=1S/C11H21NO4S/c1-4-16-10(15)12-6-5-11(2,3)9(14)17-8-7-13/h13H,4-8H2,1-3H3,(H,12,15). The van der Waals surface area contributed by atoms with E-state index in [1.165, 1.54) is 0 Å². The third-order valence-electron chi connectivity index (χ3n) is 2.17. The minimum Gasteiger partial charge on any atom is -0.450 e. The van der Waals surface area contributed by atoms with Crippen molar-refractivity contribution in [2.45, 2.75) is 27.2 Å². The SMILES string of the molecule is CCOC(=O)NCCC(C)(C)C(=O)SCCO. The Labute approximate surface area is 106 Å². The van der Waals surface area contributed by atoms with Crippen LogP contribution in [0.2, 0.25) is 0 Å². The summed E-state index contributed by atoms with van der Waals surface area (Å²) < 4.78 is 4.71. The molecule has 0 rings (SSSR count). The zero-order valence-electron chi connectivity index (χ0n) is 10.6. The van der Waals surface area contributed by atoms with E-state index in [1.807, 2.05) is 13.8 Å². The molecule has 0 aromatic rings. The molecule has 0 aromatic carbocycles. The van der Waals surface area contributed by atoms with Crippen LogP contribution in [0, 0.1) is 5.41 Å². The van der Waals surface area contributed by atoms with Crippen LogP contribution in [0.15, 0.2) is 0 Å². The minimum absolute atomic E-state index is 0.00639. The van der Waals surface area contributed by atoms with Crippen molar-refractivity contribution in [1.29, 1.82) is 0 Å². The number of carbonyl (C=O) groups excluding carboxylic acids is 2. The topological polar surface area (TPSA) is 75.6 Å². The molecular formula is C11H21NO4S. The number of thioether (sulfide) groups is 1. The average Bonchev–Trinajstić information content (AvgIpc) is 2.25. The molecule has 17 heavy (non-hydrogen) atoms. The van der Waals surface area contributed by atoms with Crippen LogP contribution in [-0.2, 0) is 9.53 Å². The van der Waals surface area contributed by atoms with E-state index in [2.05, 4.69) is 5.32 Å². The molecule has 0 saturated carbocycles. The Bertz CT molecular complexity index is 256. The quantitative estimate of drug-likeness (QED) is 0.726. The Kier molecular flexibility index (Phi) is 7.99. The van der Waals surface area contributed by atoms with Crippen molar-refractivity contribution >= 4 is 23.0 Å². The zero-order chi connectivity index (χ0) is 13.3. The predicted molar refractivity (Wildman–Crippen MR) is 68.0 cm³/mol. The fourth-order valence-corrected chi connectivity index (χ4v) is 1.86. The highest BCUT2D eigenvalue weighted by molar-refractivity contribution is 8.13. The molecule has 0 spiro atoms. The molecule has 0 saturated heterocycles. The number of nitrogens with one attached hydrogen (secondary N) is 1. The summed E-state index contributed by atoms with van der Waals surface area (Å²) >= 11 is 1.12. The Morgan fingerprint density at radius 1 is 1.41 bits per heavy atom. The van der Waals surface area contributed by atoms with Gasteiger partial charge in [0.25, 0.3) is 0 Å². The summed E-state index contributed by atoms with van der Waals surface area (Å²) in [7, 11) is 0. The lowest BCUT2D eigenvalue weighted by Gasteiger charge is -2.22. The van der Waals surface area contributed by atoms with E-state index in [0.717, 1.165) is 11.8 Å². The van der Waals surface area contributed by atoms with E-state index in [-0.39, 0.29) is 11.7 Å². The lowest BCUT2D eigenvalue weighted by Crippen LogP contribution is -2.31. The number of hydrogen-bond donors (Lipinski definition) is 2. The van der Waals surface area contributed by atoms with E-state index in [4.69, 9.17) is 9.84 Å². The molecule has 0 bridgehead atoms. The van der Waals surface area contributed by atoms with Gasteiger partial charge in [0.05, 0.1) is 13.2 Å². The van der Waals surface area contributed by atoms with Gasteiger partial charge in [-0.1, -0.05) is 25.6 Å². The van der Waals surface area contributed by atoms with Gasteiger partial charge in [-0.25, -0.2) is 4.79 Å². The number of aliphatic hydroxyl groups is 1. The normalized spacial score (nSPS) is 11.1. The van der Waals surface area contributed by atoms with Crippen molar-refractivity contribution in [1.82, 2.24) is 5.32 Å². The molecule has 0 heterocycles. The van der Waals surface area contributed by atoms with E-state index in [9.17, 15) is 9.59 Å². The number of ether oxygens (including phenoxy) is 1. The van der Waals surface area contributed by atoms with Crippen LogP contribution in [0.3, 0.4) is 0 Å². The van der Waals surface area contributed by atoms with Gasteiger partial charge in [0.15, 0.2) is 5.12 Å². The summed E-state index contributed by atoms with van der Waals surface area (Å²) in [5.41, 5.74) is -0.515. The molecule has 0 aliphatic carbocycles.